The predicted molar refractivity (Wildman–Crippen MR) is 212 cm³/mol. The van der Waals surface area contributed by atoms with Crippen LogP contribution in [-0.4, -0.2) is 148 Å². The highest BCUT2D eigenvalue weighted by Gasteiger charge is 2.36. The Morgan fingerprint density at radius 1 is 0.607 bits per heavy atom. The van der Waals surface area contributed by atoms with Crippen molar-refractivity contribution in [2.45, 2.75) is 88.4 Å². The molecule has 0 saturated heterocycles. The molecule has 0 aliphatic rings. The summed E-state index contributed by atoms with van der Waals surface area (Å²) >= 11 is 12.2. The Kier molecular flexibility index (Phi) is 24.2. The maximum Gasteiger partial charge on any atom is 0.326 e. The Bertz CT molecular complexity index is 1440. The molecule has 318 valence electrons. The number of amides is 8. The molecule has 0 spiro atoms. The summed E-state index contributed by atoms with van der Waals surface area (Å²) in [5, 5.41) is 36.1. The van der Waals surface area contributed by atoms with Gasteiger partial charge >= 0.3 is 5.97 Å². The first kappa shape index (κ1) is 51.5. The smallest absolute Gasteiger partial charge is 0.326 e. The molecule has 26 heteroatoms. The van der Waals surface area contributed by atoms with Crippen LogP contribution >= 0.6 is 37.9 Å². The van der Waals surface area contributed by atoms with E-state index in [1.807, 2.05) is 0 Å². The van der Waals surface area contributed by atoms with Crippen LogP contribution in [0.3, 0.4) is 0 Å². The van der Waals surface area contributed by atoms with Crippen molar-refractivity contribution in [3.05, 3.63) is 0 Å². The Labute approximate surface area is 339 Å². The van der Waals surface area contributed by atoms with Crippen molar-refractivity contribution in [3.8, 4) is 0 Å². The van der Waals surface area contributed by atoms with E-state index in [1.165, 1.54) is 0 Å². The molecule has 0 aliphatic heterocycles. The van der Waals surface area contributed by atoms with E-state index < -0.39 is 121 Å². The highest BCUT2D eigenvalue weighted by Crippen LogP contribution is 2.07. The predicted octanol–water partition coefficient (Wildman–Crippen LogP) is -6.82. The molecule has 0 aromatic carbocycles. The van der Waals surface area contributed by atoms with Crippen LogP contribution in [-0.2, 0) is 43.2 Å². The van der Waals surface area contributed by atoms with Crippen molar-refractivity contribution >= 4 is 97.1 Å². The van der Waals surface area contributed by atoms with Crippen molar-refractivity contribution in [1.82, 2.24) is 37.2 Å². The van der Waals surface area contributed by atoms with E-state index in [-0.39, 0.29) is 42.6 Å². The minimum absolute atomic E-state index is 0.0376. The van der Waals surface area contributed by atoms with Crippen LogP contribution in [0.5, 0.6) is 0 Å². The first-order chi connectivity index (χ1) is 26.1. The highest BCUT2D eigenvalue weighted by molar-refractivity contribution is 7.80. The zero-order chi connectivity index (χ0) is 43.3. The van der Waals surface area contributed by atoms with Crippen LogP contribution < -0.4 is 60.2 Å². The summed E-state index contributed by atoms with van der Waals surface area (Å²) < 4.78 is 0. The standard InChI is InChI=1S/C30H54N12O11S3/c1-12(2)21(27(50)39-17(10-55)25(48)37-14(29(52)53)5-4-6-35-30(33)34)41-26(49)18(11-56)40-28(51)22(13(3)43)42-23(46)15(7-19(32)44)38-24(47)16(9-54)36-20(45)8-31/h12-18,21-22,43,54-56H,4-11,31H2,1-3H3,(H2,32,44)(H,36,45)(H,37,48)(H,38,47)(H,39,50)(H,40,51)(H,41,49)(H,42,46)(H,52,53)(H4,33,34,35)/t13-,14+,15+,16+,17+,18+,21+,22+/m1/s1. The third kappa shape index (κ3) is 18.9. The van der Waals surface area contributed by atoms with Crippen LogP contribution in [0.1, 0.15) is 40.0 Å². The van der Waals surface area contributed by atoms with E-state index in [1.54, 1.807) is 13.8 Å². The molecule has 0 saturated carbocycles. The second-order valence-electron chi connectivity index (χ2n) is 12.5. The summed E-state index contributed by atoms with van der Waals surface area (Å²) in [6, 6.07) is -10.2. The van der Waals surface area contributed by atoms with Crippen molar-refractivity contribution in [2.75, 3.05) is 30.3 Å². The lowest BCUT2D eigenvalue weighted by Gasteiger charge is -2.28. The van der Waals surface area contributed by atoms with Gasteiger partial charge < -0.3 is 70.4 Å². The largest absolute Gasteiger partial charge is 0.480 e. The molecule has 8 atom stereocenters. The van der Waals surface area contributed by atoms with Crippen LogP contribution in [0.4, 0.5) is 0 Å². The number of carboxylic acids is 1. The Hall–Kier alpha value is -4.53. The third-order valence-corrected chi connectivity index (χ3v) is 8.65. The average molecular weight is 855 g/mol. The first-order valence-electron chi connectivity index (χ1n) is 17.0. The number of aliphatic imine (C=N–C) groups is 1. The van der Waals surface area contributed by atoms with Gasteiger partial charge in [-0.1, -0.05) is 13.8 Å². The molecule has 0 radical (unpaired) electrons. The number of hydrogen-bond acceptors (Lipinski definition) is 15. The molecular weight excluding hydrogens is 801 g/mol. The SMILES string of the molecule is CC(C)[C@H](NC(=O)[C@H](CS)NC(=O)[C@@H](NC(=O)[C@H](CC(N)=O)NC(=O)[C@H](CS)NC(=O)CN)[C@@H](C)O)C(=O)N[C@@H](CS)C(=O)N[C@@H](CCCN=C(N)N)C(=O)O. The van der Waals surface area contributed by atoms with Gasteiger partial charge in [-0.25, -0.2) is 4.79 Å². The normalized spacial score (nSPS) is 15.2. The van der Waals surface area contributed by atoms with Gasteiger partial charge in [-0.3, -0.25) is 43.3 Å². The van der Waals surface area contributed by atoms with Gasteiger partial charge in [-0.15, -0.1) is 0 Å². The lowest BCUT2D eigenvalue weighted by atomic mass is 10.0. The fraction of sp³-hybridized carbons (Fsp3) is 0.667. The Morgan fingerprint density at radius 3 is 1.43 bits per heavy atom. The fourth-order valence-electron chi connectivity index (χ4n) is 4.52. The molecule has 17 N–H and O–H groups in total. The van der Waals surface area contributed by atoms with Crippen LogP contribution in [0.25, 0.3) is 0 Å². The van der Waals surface area contributed by atoms with Gasteiger partial charge in [0.25, 0.3) is 0 Å². The van der Waals surface area contributed by atoms with Crippen molar-refractivity contribution < 1.29 is 53.4 Å². The van der Waals surface area contributed by atoms with Crippen LogP contribution in [0, 0.1) is 5.92 Å². The number of aliphatic carboxylic acids is 1. The molecular formula is C30H54N12O11S3. The topological polar surface area (TPSA) is 395 Å². The number of hydrogen-bond donors (Lipinski definition) is 16. The number of nitrogens with two attached hydrogens (primary N) is 4. The molecule has 0 rings (SSSR count). The van der Waals surface area contributed by atoms with E-state index >= 15 is 0 Å². The van der Waals surface area contributed by atoms with Crippen molar-refractivity contribution in [3.63, 3.8) is 0 Å². The second-order valence-corrected chi connectivity index (χ2v) is 13.6. The molecule has 8 amide bonds. The molecule has 0 fully saturated rings. The number of aliphatic hydroxyl groups is 1. The quantitative estimate of drug-likeness (QED) is 0.0167. The first-order valence-corrected chi connectivity index (χ1v) is 18.9. The number of nitrogens with zero attached hydrogens (tertiary/aromatic N) is 1. The van der Waals surface area contributed by atoms with Gasteiger partial charge in [0.15, 0.2) is 5.96 Å². The second kappa shape index (κ2) is 26.3. The Balaban J connectivity index is 5.85. The summed E-state index contributed by atoms with van der Waals surface area (Å²) in [6.07, 6.45) is -2.19. The molecule has 0 aliphatic carbocycles. The zero-order valence-electron chi connectivity index (χ0n) is 31.0. The van der Waals surface area contributed by atoms with Gasteiger partial charge in [0.2, 0.25) is 47.3 Å². The molecule has 0 aromatic heterocycles. The number of guanidine groups is 1. The molecule has 23 nitrogen and oxygen atoms in total. The average Bonchev–Trinajstić information content (AvgIpc) is 3.12. The van der Waals surface area contributed by atoms with Crippen molar-refractivity contribution in [2.24, 2.45) is 33.8 Å². The summed E-state index contributed by atoms with van der Waals surface area (Å²) in [4.78, 5) is 118. The Morgan fingerprint density at radius 2 is 1.02 bits per heavy atom. The summed E-state index contributed by atoms with van der Waals surface area (Å²) in [5.41, 5.74) is 21.0. The zero-order valence-corrected chi connectivity index (χ0v) is 33.7. The van der Waals surface area contributed by atoms with E-state index in [0.29, 0.717) is 0 Å². The summed E-state index contributed by atoms with van der Waals surface area (Å²) in [5.74, 6) is -10.6. The molecule has 56 heavy (non-hydrogen) atoms. The summed E-state index contributed by atoms with van der Waals surface area (Å²) in [6.45, 7) is 3.91. The lowest BCUT2D eigenvalue weighted by molar-refractivity contribution is -0.142. The van der Waals surface area contributed by atoms with Gasteiger partial charge in [0, 0.05) is 23.8 Å². The van der Waals surface area contributed by atoms with Crippen molar-refractivity contribution in [1.29, 1.82) is 0 Å². The number of carboxylic acid groups (broad SMARTS) is 1. The number of carbonyl (C=O) groups is 9. The molecule has 0 heterocycles. The number of primary amides is 1. The highest BCUT2D eigenvalue weighted by atomic mass is 32.1. The van der Waals surface area contributed by atoms with Gasteiger partial charge in [0.05, 0.1) is 19.1 Å². The number of carbonyl (C=O) groups excluding carboxylic acids is 8. The maximum atomic E-state index is 13.3. The molecule has 0 unspecified atom stereocenters. The monoisotopic (exact) mass is 854 g/mol. The lowest BCUT2D eigenvalue weighted by Crippen LogP contribution is -2.62. The van der Waals surface area contributed by atoms with Crippen LogP contribution in [0.2, 0.25) is 0 Å². The minimum Gasteiger partial charge on any atom is -0.480 e. The maximum absolute atomic E-state index is 13.3. The van der Waals surface area contributed by atoms with Gasteiger partial charge in [0.1, 0.15) is 42.3 Å². The number of nitrogens with one attached hydrogen (secondary N) is 7. The number of rotatable bonds is 26. The molecule has 0 aromatic rings. The van der Waals surface area contributed by atoms with E-state index in [0.717, 1.165) is 6.92 Å². The van der Waals surface area contributed by atoms with Gasteiger partial charge in [-0.05, 0) is 25.7 Å². The third-order valence-electron chi connectivity index (χ3n) is 7.56. The minimum atomic E-state index is -1.78. The number of thiol groups is 3. The van der Waals surface area contributed by atoms with Crippen LogP contribution in [0.15, 0.2) is 4.99 Å². The van der Waals surface area contributed by atoms with Gasteiger partial charge in [-0.2, -0.15) is 37.9 Å². The summed E-state index contributed by atoms with van der Waals surface area (Å²) in [7, 11) is 0. The number of aliphatic hydroxyl groups excluding tert-OH is 1. The molecule has 0 bridgehead atoms. The van der Waals surface area contributed by atoms with E-state index in [2.05, 4.69) is 80.1 Å². The fourth-order valence-corrected chi connectivity index (χ4v) is 5.29. The van der Waals surface area contributed by atoms with E-state index in [4.69, 9.17) is 22.9 Å². The van der Waals surface area contributed by atoms with E-state index in [9.17, 15) is 53.4 Å².